The second kappa shape index (κ2) is 7.46. The molecule has 1 N–H and O–H groups in total. The topological polar surface area (TPSA) is 41.6 Å². The zero-order valence-corrected chi connectivity index (χ0v) is 13.3. The van der Waals surface area contributed by atoms with Gasteiger partial charge >= 0.3 is 0 Å². The zero-order chi connectivity index (χ0) is 15.2. The average molecular weight is 290 g/mol. The van der Waals surface area contributed by atoms with Crippen LogP contribution in [0.4, 0.5) is 0 Å². The molecule has 2 rings (SSSR count). The van der Waals surface area contributed by atoms with E-state index >= 15 is 0 Å². The molecule has 2 atom stereocenters. The first-order valence-corrected chi connectivity index (χ1v) is 7.75. The number of carbonyl (C=O) groups is 1. The summed E-state index contributed by atoms with van der Waals surface area (Å²) in [6, 6.07) is 7.74. The van der Waals surface area contributed by atoms with Gasteiger partial charge in [-0.05, 0) is 49.9 Å². The minimum atomic E-state index is -0.0571. The van der Waals surface area contributed by atoms with Gasteiger partial charge in [0.05, 0.1) is 13.2 Å². The normalized spacial score (nSPS) is 20.8. The van der Waals surface area contributed by atoms with Crippen LogP contribution in [0, 0.1) is 5.92 Å². The Hall–Kier alpha value is -1.55. The second-order valence-corrected chi connectivity index (χ2v) is 5.99. The molecule has 1 amide bonds. The Morgan fingerprint density at radius 3 is 3.05 bits per heavy atom. The lowest BCUT2D eigenvalue weighted by Gasteiger charge is -2.34. The third-order valence-electron chi connectivity index (χ3n) is 4.22. The van der Waals surface area contributed by atoms with Gasteiger partial charge in [0.1, 0.15) is 5.75 Å². The molecule has 1 saturated heterocycles. The van der Waals surface area contributed by atoms with Crippen molar-refractivity contribution >= 4 is 5.91 Å². The molecule has 0 saturated carbocycles. The van der Waals surface area contributed by atoms with E-state index in [-0.39, 0.29) is 11.9 Å². The minimum Gasteiger partial charge on any atom is -0.497 e. The SMILES string of the molecule is COc1cccc(CNC(=O)C(C)N2CCCC(C)C2)c1. The zero-order valence-electron chi connectivity index (χ0n) is 13.3. The summed E-state index contributed by atoms with van der Waals surface area (Å²) in [5.74, 6) is 1.61. The van der Waals surface area contributed by atoms with Crippen LogP contribution in [0.3, 0.4) is 0 Å². The average Bonchev–Trinajstić information content (AvgIpc) is 2.52. The van der Waals surface area contributed by atoms with Crippen LogP contribution in [0.2, 0.25) is 0 Å². The summed E-state index contributed by atoms with van der Waals surface area (Å²) in [7, 11) is 1.65. The molecule has 0 spiro atoms. The van der Waals surface area contributed by atoms with E-state index in [1.54, 1.807) is 7.11 Å². The number of amides is 1. The van der Waals surface area contributed by atoms with E-state index in [0.717, 1.165) is 24.4 Å². The molecule has 0 bridgehead atoms. The van der Waals surface area contributed by atoms with Crippen molar-refractivity contribution in [2.75, 3.05) is 20.2 Å². The number of rotatable bonds is 5. The molecule has 0 aromatic heterocycles. The minimum absolute atomic E-state index is 0.0571. The van der Waals surface area contributed by atoms with Crippen LogP contribution in [0.15, 0.2) is 24.3 Å². The standard InChI is InChI=1S/C17H26N2O2/c1-13-6-5-9-19(12-13)14(2)17(20)18-11-15-7-4-8-16(10-15)21-3/h4,7-8,10,13-14H,5-6,9,11-12H2,1-3H3,(H,18,20). The summed E-state index contributed by atoms with van der Waals surface area (Å²) in [6.45, 7) is 6.85. The fourth-order valence-electron chi connectivity index (χ4n) is 2.86. The van der Waals surface area contributed by atoms with E-state index in [0.29, 0.717) is 12.5 Å². The van der Waals surface area contributed by atoms with Crippen LogP contribution in [0.25, 0.3) is 0 Å². The van der Waals surface area contributed by atoms with Gasteiger partial charge < -0.3 is 10.1 Å². The number of nitrogens with one attached hydrogen (secondary N) is 1. The number of hydrogen-bond acceptors (Lipinski definition) is 3. The largest absolute Gasteiger partial charge is 0.497 e. The Morgan fingerprint density at radius 2 is 2.33 bits per heavy atom. The molecular formula is C17H26N2O2. The number of ether oxygens (including phenoxy) is 1. The van der Waals surface area contributed by atoms with E-state index < -0.39 is 0 Å². The maximum atomic E-state index is 12.3. The molecule has 2 unspecified atom stereocenters. The van der Waals surface area contributed by atoms with E-state index in [9.17, 15) is 4.79 Å². The number of carbonyl (C=O) groups excluding carboxylic acids is 1. The molecule has 1 aliphatic heterocycles. The molecule has 0 radical (unpaired) electrons. The fourth-order valence-corrected chi connectivity index (χ4v) is 2.86. The summed E-state index contributed by atoms with van der Waals surface area (Å²) in [6.07, 6.45) is 2.46. The molecule has 21 heavy (non-hydrogen) atoms. The van der Waals surface area contributed by atoms with Gasteiger partial charge in [-0.15, -0.1) is 0 Å². The van der Waals surface area contributed by atoms with Gasteiger partial charge in [-0.3, -0.25) is 9.69 Å². The van der Waals surface area contributed by atoms with Crippen molar-refractivity contribution in [3.05, 3.63) is 29.8 Å². The van der Waals surface area contributed by atoms with Gasteiger partial charge in [0.25, 0.3) is 0 Å². The Labute approximate surface area is 127 Å². The van der Waals surface area contributed by atoms with E-state index in [1.807, 2.05) is 31.2 Å². The van der Waals surface area contributed by atoms with E-state index in [4.69, 9.17) is 4.74 Å². The molecule has 4 heteroatoms. The highest BCUT2D eigenvalue weighted by molar-refractivity contribution is 5.81. The fraction of sp³-hybridized carbons (Fsp3) is 0.588. The quantitative estimate of drug-likeness (QED) is 0.905. The predicted octanol–water partition coefficient (Wildman–Crippen LogP) is 2.43. The molecule has 116 valence electrons. The van der Waals surface area contributed by atoms with Gasteiger partial charge in [0.2, 0.25) is 5.91 Å². The summed E-state index contributed by atoms with van der Waals surface area (Å²) in [5, 5.41) is 3.03. The molecule has 1 fully saturated rings. The van der Waals surface area contributed by atoms with Crippen LogP contribution in [0.5, 0.6) is 5.75 Å². The lowest BCUT2D eigenvalue weighted by Crippen LogP contribution is -2.48. The maximum Gasteiger partial charge on any atom is 0.237 e. The first-order valence-electron chi connectivity index (χ1n) is 7.75. The number of likely N-dealkylation sites (tertiary alicyclic amines) is 1. The smallest absolute Gasteiger partial charge is 0.237 e. The highest BCUT2D eigenvalue weighted by Gasteiger charge is 2.25. The van der Waals surface area contributed by atoms with Gasteiger partial charge in [-0.2, -0.15) is 0 Å². The number of methoxy groups -OCH3 is 1. The van der Waals surface area contributed by atoms with Crippen LogP contribution in [-0.4, -0.2) is 37.0 Å². The maximum absolute atomic E-state index is 12.3. The van der Waals surface area contributed by atoms with E-state index in [2.05, 4.69) is 17.1 Å². The van der Waals surface area contributed by atoms with Crippen LogP contribution >= 0.6 is 0 Å². The Morgan fingerprint density at radius 1 is 1.52 bits per heavy atom. The first-order chi connectivity index (χ1) is 10.1. The van der Waals surface area contributed by atoms with Crippen LogP contribution < -0.4 is 10.1 Å². The molecule has 1 aliphatic rings. The van der Waals surface area contributed by atoms with Crippen LogP contribution in [0.1, 0.15) is 32.3 Å². The van der Waals surface area contributed by atoms with Crippen molar-refractivity contribution in [1.82, 2.24) is 10.2 Å². The molecule has 1 aromatic carbocycles. The number of piperidine rings is 1. The molecular weight excluding hydrogens is 264 g/mol. The van der Waals surface area contributed by atoms with Gasteiger partial charge in [-0.25, -0.2) is 0 Å². The summed E-state index contributed by atoms with van der Waals surface area (Å²) in [4.78, 5) is 14.6. The summed E-state index contributed by atoms with van der Waals surface area (Å²) < 4.78 is 5.20. The van der Waals surface area contributed by atoms with Crippen molar-refractivity contribution in [2.24, 2.45) is 5.92 Å². The van der Waals surface area contributed by atoms with Gasteiger partial charge in [0.15, 0.2) is 0 Å². The van der Waals surface area contributed by atoms with Gasteiger partial charge in [-0.1, -0.05) is 19.1 Å². The number of nitrogens with zero attached hydrogens (tertiary/aromatic N) is 1. The monoisotopic (exact) mass is 290 g/mol. The van der Waals surface area contributed by atoms with Gasteiger partial charge in [0, 0.05) is 13.1 Å². The second-order valence-electron chi connectivity index (χ2n) is 5.99. The van der Waals surface area contributed by atoms with Crippen LogP contribution in [-0.2, 0) is 11.3 Å². The van der Waals surface area contributed by atoms with Crippen molar-refractivity contribution in [1.29, 1.82) is 0 Å². The third-order valence-corrected chi connectivity index (χ3v) is 4.22. The Kier molecular flexibility index (Phi) is 5.62. The van der Waals surface area contributed by atoms with Crippen molar-refractivity contribution in [2.45, 2.75) is 39.3 Å². The summed E-state index contributed by atoms with van der Waals surface area (Å²) >= 11 is 0. The highest BCUT2D eigenvalue weighted by atomic mass is 16.5. The third kappa shape index (κ3) is 4.46. The summed E-state index contributed by atoms with van der Waals surface area (Å²) in [5.41, 5.74) is 1.06. The number of benzene rings is 1. The predicted molar refractivity (Wildman–Crippen MR) is 84.3 cm³/mol. The lowest BCUT2D eigenvalue weighted by atomic mass is 9.99. The lowest BCUT2D eigenvalue weighted by molar-refractivity contribution is -0.126. The van der Waals surface area contributed by atoms with Crippen molar-refractivity contribution < 1.29 is 9.53 Å². The molecule has 4 nitrogen and oxygen atoms in total. The Bertz CT molecular complexity index is 476. The van der Waals surface area contributed by atoms with Crippen molar-refractivity contribution in [3.63, 3.8) is 0 Å². The molecule has 1 heterocycles. The van der Waals surface area contributed by atoms with Crippen molar-refractivity contribution in [3.8, 4) is 5.75 Å². The first kappa shape index (κ1) is 15.8. The Balaban J connectivity index is 1.85. The highest BCUT2D eigenvalue weighted by Crippen LogP contribution is 2.18. The molecule has 0 aliphatic carbocycles. The van der Waals surface area contributed by atoms with E-state index in [1.165, 1.54) is 12.8 Å². The number of hydrogen-bond donors (Lipinski definition) is 1. The molecule has 1 aromatic rings.